The molecule has 3 nitrogen and oxygen atoms in total. The van der Waals surface area contributed by atoms with Gasteiger partial charge < -0.3 is 5.11 Å². The Morgan fingerprint density at radius 3 is 2.02 bits per heavy atom. The van der Waals surface area contributed by atoms with Gasteiger partial charge in [-0.25, -0.2) is 0 Å². The fraction of sp³-hybridized carbons (Fsp3) is 0.436. The summed E-state index contributed by atoms with van der Waals surface area (Å²) < 4.78 is 0. The molecule has 4 heteroatoms. The topological polar surface area (TPSA) is 50.2 Å². The molecule has 0 aliphatic carbocycles. The summed E-state index contributed by atoms with van der Waals surface area (Å²) in [5.41, 5.74) is 7.67. The number of aryl methyl sites for hydroxylation is 3. The van der Waals surface area contributed by atoms with Crippen LogP contribution in [0.25, 0.3) is 32.9 Å². The van der Waals surface area contributed by atoms with Crippen molar-refractivity contribution in [3.8, 4) is 11.3 Å². The number of benzene rings is 3. The zero-order valence-corrected chi connectivity index (χ0v) is 30.6. The molecular formula is C39H50IrNO2-. The molecule has 4 aromatic rings. The average molecular weight is 757 g/mol. The zero-order chi connectivity index (χ0) is 31.6. The van der Waals surface area contributed by atoms with Crippen LogP contribution in [0.4, 0.5) is 0 Å². The number of aliphatic hydroxyl groups excluding tert-OH is 1. The molecule has 0 saturated carbocycles. The maximum absolute atomic E-state index is 11.8. The molecule has 0 spiro atoms. The van der Waals surface area contributed by atoms with Crippen LogP contribution in [0.1, 0.15) is 97.4 Å². The Balaban J connectivity index is 0.000000348. The molecule has 0 aliphatic rings. The van der Waals surface area contributed by atoms with Gasteiger partial charge in [0.15, 0.2) is 5.78 Å². The first-order valence-electron chi connectivity index (χ1n) is 15.2. The fourth-order valence-electron chi connectivity index (χ4n) is 4.98. The smallest absolute Gasteiger partial charge is 0.164 e. The standard InChI is InChI=1S/C26H26N.C13H24O2.Ir/c1-16-11-17(2)25-18(3)13-23(27-24(25)12-16)20-14-19-9-7-8-10-21(19)22(15-20)26(4,5)6;1-7-12(3,4)10(14)9-11(15)13(5,6)8-2;/h7-13,15H,1-6H3;9,14H,7-8H2,1-6H3;/q-1;;/b;10-9-;. The van der Waals surface area contributed by atoms with Gasteiger partial charge in [0.25, 0.3) is 0 Å². The van der Waals surface area contributed by atoms with Gasteiger partial charge in [0, 0.05) is 48.1 Å². The van der Waals surface area contributed by atoms with Crippen molar-refractivity contribution in [2.24, 2.45) is 10.8 Å². The Kier molecular flexibility index (Phi) is 11.7. The second-order valence-electron chi connectivity index (χ2n) is 14.1. The average Bonchev–Trinajstić information content (AvgIpc) is 2.91. The van der Waals surface area contributed by atoms with Gasteiger partial charge in [-0.15, -0.1) is 29.1 Å². The molecular weight excluding hydrogens is 707 g/mol. The van der Waals surface area contributed by atoms with Gasteiger partial charge in [-0.1, -0.05) is 104 Å². The van der Waals surface area contributed by atoms with E-state index in [1.165, 1.54) is 39.1 Å². The number of pyridine rings is 1. The van der Waals surface area contributed by atoms with Gasteiger partial charge >= 0.3 is 0 Å². The molecule has 1 N–H and O–H groups in total. The predicted molar refractivity (Wildman–Crippen MR) is 180 cm³/mol. The summed E-state index contributed by atoms with van der Waals surface area (Å²) in [5, 5.41) is 13.5. The van der Waals surface area contributed by atoms with Gasteiger partial charge in [0.2, 0.25) is 0 Å². The van der Waals surface area contributed by atoms with E-state index in [-0.39, 0.29) is 47.9 Å². The second-order valence-corrected chi connectivity index (χ2v) is 14.1. The number of nitrogens with zero attached hydrogens (tertiary/aromatic N) is 1. The minimum Gasteiger partial charge on any atom is -0.512 e. The summed E-state index contributed by atoms with van der Waals surface area (Å²) in [6.45, 7) is 24.9. The normalized spacial score (nSPS) is 12.5. The van der Waals surface area contributed by atoms with Crippen LogP contribution in [-0.2, 0) is 30.3 Å². The largest absolute Gasteiger partial charge is 0.512 e. The predicted octanol–water partition coefficient (Wildman–Crippen LogP) is 10.9. The van der Waals surface area contributed by atoms with Crippen molar-refractivity contribution in [1.82, 2.24) is 4.98 Å². The van der Waals surface area contributed by atoms with Crippen molar-refractivity contribution < 1.29 is 30.0 Å². The van der Waals surface area contributed by atoms with Crippen molar-refractivity contribution >= 4 is 27.5 Å². The molecule has 4 rings (SSSR count). The molecule has 0 amide bonds. The number of carbonyl (C=O) groups excluding carboxylic acids is 1. The summed E-state index contributed by atoms with van der Waals surface area (Å²) in [7, 11) is 0. The molecule has 0 fully saturated rings. The van der Waals surface area contributed by atoms with E-state index in [0.29, 0.717) is 0 Å². The molecule has 0 atom stereocenters. The summed E-state index contributed by atoms with van der Waals surface area (Å²) in [6, 6.07) is 21.1. The van der Waals surface area contributed by atoms with E-state index in [2.05, 4.69) is 96.1 Å². The van der Waals surface area contributed by atoms with Crippen LogP contribution in [0.5, 0.6) is 0 Å². The van der Waals surface area contributed by atoms with Crippen molar-refractivity contribution in [1.29, 1.82) is 0 Å². The number of allylic oxidation sites excluding steroid dienone is 2. The number of aliphatic hydroxyl groups is 1. The third kappa shape index (κ3) is 8.43. The van der Waals surface area contributed by atoms with E-state index in [0.717, 1.165) is 35.0 Å². The zero-order valence-electron chi connectivity index (χ0n) is 28.2. The first-order chi connectivity index (χ1) is 19.4. The number of ketones is 1. The SMILES string of the molecule is CCC(C)(C)C(=O)/C=C(\O)C(C)(C)CC.Cc1cc(C)c2c(C)cc(-c3[c-]c4ccccc4c(C(C)(C)C)c3)nc2c1.[Ir]. The summed E-state index contributed by atoms with van der Waals surface area (Å²) in [5.74, 6) is 0.195. The molecule has 3 aromatic carbocycles. The molecule has 1 aromatic heterocycles. The third-order valence-electron chi connectivity index (χ3n) is 8.70. The van der Waals surface area contributed by atoms with E-state index in [9.17, 15) is 9.90 Å². The first kappa shape index (κ1) is 36.4. The number of carbonyl (C=O) groups is 1. The Hall–Kier alpha value is -2.81. The van der Waals surface area contributed by atoms with Crippen LogP contribution in [0.2, 0.25) is 0 Å². The Morgan fingerprint density at radius 1 is 0.860 bits per heavy atom. The van der Waals surface area contributed by atoms with Crippen molar-refractivity contribution in [2.75, 3.05) is 0 Å². The Labute approximate surface area is 273 Å². The van der Waals surface area contributed by atoms with E-state index in [1.807, 2.05) is 41.5 Å². The van der Waals surface area contributed by atoms with Gasteiger partial charge in [-0.2, -0.15) is 0 Å². The fourth-order valence-corrected chi connectivity index (χ4v) is 4.98. The van der Waals surface area contributed by atoms with Crippen LogP contribution < -0.4 is 0 Å². The second kappa shape index (κ2) is 13.9. The summed E-state index contributed by atoms with van der Waals surface area (Å²) in [6.07, 6.45) is 2.99. The van der Waals surface area contributed by atoms with Gasteiger partial charge in [0.05, 0.1) is 5.52 Å². The summed E-state index contributed by atoms with van der Waals surface area (Å²) >= 11 is 0. The first-order valence-corrected chi connectivity index (χ1v) is 15.2. The van der Waals surface area contributed by atoms with E-state index in [4.69, 9.17) is 4.98 Å². The quantitative estimate of drug-likeness (QED) is 0.121. The van der Waals surface area contributed by atoms with Crippen LogP contribution in [-0.4, -0.2) is 15.9 Å². The molecule has 0 unspecified atom stereocenters. The molecule has 0 aliphatic heterocycles. The summed E-state index contributed by atoms with van der Waals surface area (Å²) in [4.78, 5) is 16.9. The van der Waals surface area contributed by atoms with Crippen LogP contribution in [0, 0.1) is 37.7 Å². The third-order valence-corrected chi connectivity index (χ3v) is 8.70. The maximum Gasteiger partial charge on any atom is 0.164 e. The van der Waals surface area contributed by atoms with Crippen molar-refractivity contribution in [2.45, 2.75) is 101 Å². The Morgan fingerprint density at radius 2 is 1.44 bits per heavy atom. The van der Waals surface area contributed by atoms with E-state index in [1.54, 1.807) is 0 Å². The molecule has 233 valence electrons. The number of hydrogen-bond donors (Lipinski definition) is 1. The molecule has 0 saturated heterocycles. The van der Waals surface area contributed by atoms with Gasteiger partial charge in [-0.3, -0.25) is 9.78 Å². The van der Waals surface area contributed by atoms with Crippen LogP contribution >= 0.6 is 0 Å². The molecule has 0 bridgehead atoms. The van der Waals surface area contributed by atoms with Gasteiger partial charge in [0.1, 0.15) is 5.76 Å². The minimum absolute atomic E-state index is 0. The number of rotatable bonds is 6. The molecule has 1 heterocycles. The number of hydrogen-bond acceptors (Lipinski definition) is 3. The monoisotopic (exact) mass is 757 g/mol. The minimum atomic E-state index is -0.377. The van der Waals surface area contributed by atoms with Crippen molar-refractivity contribution in [3.05, 3.63) is 88.7 Å². The van der Waals surface area contributed by atoms with Crippen molar-refractivity contribution in [3.63, 3.8) is 0 Å². The Bertz CT molecular complexity index is 1640. The van der Waals surface area contributed by atoms with E-state index < -0.39 is 0 Å². The van der Waals surface area contributed by atoms with Crippen LogP contribution in [0.3, 0.4) is 0 Å². The molecule has 1 radical (unpaired) electrons. The number of aromatic nitrogens is 1. The number of fused-ring (bicyclic) bond motifs is 2. The van der Waals surface area contributed by atoms with Crippen LogP contribution in [0.15, 0.2) is 60.4 Å². The molecule has 43 heavy (non-hydrogen) atoms. The maximum atomic E-state index is 11.8. The van der Waals surface area contributed by atoms with Gasteiger partial charge in [-0.05, 0) is 61.8 Å². The van der Waals surface area contributed by atoms with E-state index >= 15 is 0 Å².